The van der Waals surface area contributed by atoms with Gasteiger partial charge in [0, 0.05) is 5.56 Å². The van der Waals surface area contributed by atoms with E-state index >= 15 is 0 Å². The minimum atomic E-state index is -1.13. The number of ketones is 1. The summed E-state index contributed by atoms with van der Waals surface area (Å²) in [6, 6.07) is 5.56. The van der Waals surface area contributed by atoms with E-state index in [1.165, 1.54) is 24.3 Å². The van der Waals surface area contributed by atoms with Gasteiger partial charge in [-0.05, 0) is 32.9 Å². The summed E-state index contributed by atoms with van der Waals surface area (Å²) in [4.78, 5) is 33.5. The van der Waals surface area contributed by atoms with Gasteiger partial charge in [-0.25, -0.2) is 9.59 Å². The van der Waals surface area contributed by atoms with Crippen LogP contribution in [0.2, 0.25) is 0 Å². The predicted molar refractivity (Wildman–Crippen MR) is 79.8 cm³/mol. The Hall–Kier alpha value is -1.89. The molecule has 0 saturated carbocycles. The number of carboxylic acid groups (broad SMARTS) is 1. The van der Waals surface area contributed by atoms with E-state index in [9.17, 15) is 14.4 Å². The maximum absolute atomic E-state index is 12.1. The number of rotatable bonds is 4. The molecule has 0 bridgehead atoms. The number of carboxylic acids is 1. The fraction of sp³-hybridized carbons (Fsp3) is 0.357. The number of Topliss-reactive ketones (excluding diaryl/α,β-unsaturated/α-hetero) is 1. The quantitative estimate of drug-likeness (QED) is 0.491. The Balaban J connectivity index is 2.77. The average Bonchev–Trinajstić information content (AvgIpc) is 2.35. The molecule has 1 atom stereocenters. The van der Waals surface area contributed by atoms with Crippen LogP contribution in [0.25, 0.3) is 0 Å². The van der Waals surface area contributed by atoms with Crippen LogP contribution in [0.5, 0.6) is 0 Å². The molecule has 1 aromatic carbocycles. The summed E-state index contributed by atoms with van der Waals surface area (Å²) in [7, 11) is 0. The summed E-state index contributed by atoms with van der Waals surface area (Å²) < 4.78 is 5.03. The molecule has 0 fully saturated rings. The first-order valence-corrected chi connectivity index (χ1v) is 7.03. The zero-order valence-electron chi connectivity index (χ0n) is 11.8. The molecule has 1 amide bonds. The van der Waals surface area contributed by atoms with Crippen LogP contribution >= 0.6 is 15.9 Å². The summed E-state index contributed by atoms with van der Waals surface area (Å²) in [5.74, 6) is -1.60. The first-order chi connectivity index (χ1) is 9.60. The van der Waals surface area contributed by atoms with E-state index in [2.05, 4.69) is 21.2 Å². The second-order valence-corrected chi connectivity index (χ2v) is 6.17. The largest absolute Gasteiger partial charge is 0.478 e. The van der Waals surface area contributed by atoms with Crippen LogP contribution in [0.3, 0.4) is 0 Å². The fourth-order valence-corrected chi connectivity index (χ4v) is 1.88. The van der Waals surface area contributed by atoms with E-state index in [1.807, 2.05) is 0 Å². The van der Waals surface area contributed by atoms with Crippen molar-refractivity contribution < 1.29 is 24.2 Å². The summed E-state index contributed by atoms with van der Waals surface area (Å²) in [6.45, 7) is 5.11. The molecule has 0 spiro atoms. The topological polar surface area (TPSA) is 92.7 Å². The van der Waals surface area contributed by atoms with E-state index in [0.29, 0.717) is 0 Å². The van der Waals surface area contributed by atoms with Crippen molar-refractivity contribution in [3.8, 4) is 0 Å². The Bertz CT molecular complexity index is 565. The van der Waals surface area contributed by atoms with E-state index in [1.54, 1.807) is 20.8 Å². The molecule has 0 aliphatic rings. The molecule has 0 aliphatic heterocycles. The predicted octanol–water partition coefficient (Wildman–Crippen LogP) is 2.81. The first kappa shape index (κ1) is 17.2. The molecule has 0 saturated heterocycles. The number of ether oxygens (including phenoxy) is 1. The van der Waals surface area contributed by atoms with Crippen molar-refractivity contribution in [1.29, 1.82) is 0 Å². The lowest BCUT2D eigenvalue weighted by Gasteiger charge is -2.21. The van der Waals surface area contributed by atoms with Crippen molar-refractivity contribution in [3.05, 3.63) is 35.4 Å². The maximum Gasteiger partial charge on any atom is 0.408 e. The fourth-order valence-electron chi connectivity index (χ4n) is 1.43. The summed E-state index contributed by atoms with van der Waals surface area (Å²) in [5.41, 5.74) is -0.506. The number of alkyl halides is 1. The van der Waals surface area contributed by atoms with Crippen molar-refractivity contribution in [1.82, 2.24) is 5.32 Å². The van der Waals surface area contributed by atoms with Gasteiger partial charge < -0.3 is 15.2 Å². The lowest BCUT2D eigenvalue weighted by atomic mass is 10.1. The van der Waals surface area contributed by atoms with Crippen LogP contribution < -0.4 is 5.32 Å². The molecule has 7 heteroatoms. The van der Waals surface area contributed by atoms with Crippen molar-refractivity contribution in [3.63, 3.8) is 0 Å². The third-order valence-corrected chi connectivity index (χ3v) is 2.91. The Kier molecular flexibility index (Phi) is 5.48. The average molecular weight is 358 g/mol. The smallest absolute Gasteiger partial charge is 0.408 e. The van der Waals surface area contributed by atoms with Crippen LogP contribution in [0.4, 0.5) is 4.79 Å². The summed E-state index contributed by atoms with van der Waals surface area (Å²) >= 11 is 3.04. The highest BCUT2D eigenvalue weighted by molar-refractivity contribution is 9.10. The zero-order valence-corrected chi connectivity index (χ0v) is 13.4. The van der Waals surface area contributed by atoms with E-state index in [-0.39, 0.29) is 11.1 Å². The molecule has 1 aromatic rings. The van der Waals surface area contributed by atoms with Crippen LogP contribution in [0, 0.1) is 0 Å². The van der Waals surface area contributed by atoms with Crippen molar-refractivity contribution in [2.24, 2.45) is 0 Å². The standard InChI is InChI=1S/C14H16BrNO5/c1-14(2,3)21-13(20)16-11(15)10(17)8-5-4-6-9(7-8)12(18)19/h4-7,11H,1-3H3,(H,16,20)(H,18,19). The minimum absolute atomic E-state index is 0.00202. The third kappa shape index (κ3) is 5.55. The number of aromatic carboxylic acids is 1. The Morgan fingerprint density at radius 2 is 1.81 bits per heavy atom. The maximum atomic E-state index is 12.1. The molecule has 1 rings (SSSR count). The van der Waals surface area contributed by atoms with Crippen LogP contribution in [-0.2, 0) is 4.74 Å². The second kappa shape index (κ2) is 6.71. The Morgan fingerprint density at radius 1 is 1.24 bits per heavy atom. The van der Waals surface area contributed by atoms with Gasteiger partial charge in [0.05, 0.1) is 5.56 Å². The zero-order chi connectivity index (χ0) is 16.2. The van der Waals surface area contributed by atoms with E-state index in [4.69, 9.17) is 9.84 Å². The molecule has 0 aliphatic carbocycles. The SMILES string of the molecule is CC(C)(C)OC(=O)NC(Br)C(=O)c1cccc(C(=O)O)c1. The van der Waals surface area contributed by atoms with Gasteiger partial charge in [-0.1, -0.05) is 28.1 Å². The molecule has 6 nitrogen and oxygen atoms in total. The van der Waals surface area contributed by atoms with Gasteiger partial charge in [0.25, 0.3) is 0 Å². The molecule has 0 aromatic heterocycles. The molecule has 1 unspecified atom stereocenters. The minimum Gasteiger partial charge on any atom is -0.478 e. The van der Waals surface area contributed by atoms with E-state index in [0.717, 1.165) is 0 Å². The monoisotopic (exact) mass is 357 g/mol. The molecular formula is C14H16BrNO5. The van der Waals surface area contributed by atoms with E-state index < -0.39 is 28.4 Å². The van der Waals surface area contributed by atoms with Gasteiger partial charge in [-0.2, -0.15) is 0 Å². The molecule has 114 valence electrons. The summed E-state index contributed by atoms with van der Waals surface area (Å²) in [5, 5.41) is 11.2. The Morgan fingerprint density at radius 3 is 2.33 bits per heavy atom. The lowest BCUT2D eigenvalue weighted by molar-refractivity contribution is 0.0513. The normalized spacial score (nSPS) is 12.4. The highest BCUT2D eigenvalue weighted by Gasteiger charge is 2.23. The van der Waals surface area contributed by atoms with Crippen molar-refractivity contribution in [2.45, 2.75) is 31.3 Å². The molecule has 2 N–H and O–H groups in total. The van der Waals surface area contributed by atoms with Gasteiger partial charge in [-0.3, -0.25) is 4.79 Å². The highest BCUT2D eigenvalue weighted by Crippen LogP contribution is 2.13. The first-order valence-electron chi connectivity index (χ1n) is 6.11. The van der Waals surface area contributed by atoms with Gasteiger partial charge in [-0.15, -0.1) is 0 Å². The molecule has 0 heterocycles. The number of hydrogen-bond acceptors (Lipinski definition) is 4. The van der Waals surface area contributed by atoms with Crippen molar-refractivity contribution >= 4 is 33.8 Å². The van der Waals surface area contributed by atoms with Gasteiger partial charge >= 0.3 is 12.1 Å². The lowest BCUT2D eigenvalue weighted by Crippen LogP contribution is -2.40. The van der Waals surface area contributed by atoms with Crippen LogP contribution in [-0.4, -0.2) is 33.5 Å². The van der Waals surface area contributed by atoms with Gasteiger partial charge in [0.1, 0.15) is 5.60 Å². The third-order valence-electron chi connectivity index (χ3n) is 2.27. The number of carbonyl (C=O) groups excluding carboxylic acids is 2. The number of benzene rings is 1. The number of alkyl carbamates (subject to hydrolysis) is 1. The number of nitrogens with one attached hydrogen (secondary N) is 1. The van der Waals surface area contributed by atoms with Crippen LogP contribution in [0.15, 0.2) is 24.3 Å². The number of amides is 1. The number of halogens is 1. The molecule has 21 heavy (non-hydrogen) atoms. The van der Waals surface area contributed by atoms with Gasteiger partial charge in [0.2, 0.25) is 0 Å². The highest BCUT2D eigenvalue weighted by atomic mass is 79.9. The van der Waals surface area contributed by atoms with Crippen LogP contribution in [0.1, 0.15) is 41.5 Å². The molecular weight excluding hydrogens is 342 g/mol. The summed E-state index contributed by atoms with van der Waals surface area (Å²) in [6.07, 6.45) is -0.743. The number of carbonyl (C=O) groups is 3. The second-order valence-electron chi connectivity index (χ2n) is 5.26. The Labute approximate surface area is 130 Å². The number of hydrogen-bond donors (Lipinski definition) is 2. The van der Waals surface area contributed by atoms with Crippen molar-refractivity contribution in [2.75, 3.05) is 0 Å². The molecule has 0 radical (unpaired) electrons. The van der Waals surface area contributed by atoms with Gasteiger partial charge in [0.15, 0.2) is 10.7 Å².